The summed E-state index contributed by atoms with van der Waals surface area (Å²) < 4.78 is 2.73. The van der Waals surface area contributed by atoms with E-state index in [1.165, 1.54) is 33.1 Å². The van der Waals surface area contributed by atoms with Gasteiger partial charge in [-0.15, -0.1) is 11.3 Å². The number of benzene rings is 1. The van der Waals surface area contributed by atoms with Gasteiger partial charge in [0.25, 0.3) is 5.56 Å². The van der Waals surface area contributed by atoms with E-state index in [1.807, 2.05) is 44.2 Å². The third-order valence-corrected chi connectivity index (χ3v) is 6.26. The molecular weight excluding hydrogens is 412 g/mol. The molecule has 1 amide bonds. The highest BCUT2D eigenvalue weighted by Gasteiger charge is 2.23. The summed E-state index contributed by atoms with van der Waals surface area (Å²) in [6.45, 7) is 5.60. The van der Waals surface area contributed by atoms with Crippen LogP contribution in [0.5, 0.6) is 0 Å². The van der Waals surface area contributed by atoms with E-state index in [9.17, 15) is 14.9 Å². The van der Waals surface area contributed by atoms with Gasteiger partial charge in [0.05, 0.1) is 17.9 Å². The van der Waals surface area contributed by atoms with E-state index in [0.717, 1.165) is 21.6 Å². The van der Waals surface area contributed by atoms with Crippen molar-refractivity contribution in [3.8, 4) is 17.2 Å². The molecule has 9 heteroatoms. The van der Waals surface area contributed by atoms with E-state index in [-0.39, 0.29) is 16.9 Å². The zero-order valence-corrected chi connectivity index (χ0v) is 18.3. The normalized spacial score (nSPS) is 12.0. The lowest BCUT2D eigenvalue weighted by Crippen LogP contribution is -2.32. The van der Waals surface area contributed by atoms with Crippen molar-refractivity contribution in [2.24, 2.45) is 7.05 Å². The number of rotatable bonds is 4. The van der Waals surface area contributed by atoms with Gasteiger partial charge in [0.2, 0.25) is 5.91 Å². The lowest BCUT2D eigenvalue weighted by molar-refractivity contribution is -0.118. The highest BCUT2D eigenvalue weighted by molar-refractivity contribution is 7.19. The Morgan fingerprint density at radius 1 is 1.26 bits per heavy atom. The molecule has 4 rings (SSSR count). The summed E-state index contributed by atoms with van der Waals surface area (Å²) in [6, 6.07) is 9.14. The Balaban J connectivity index is 1.77. The predicted molar refractivity (Wildman–Crippen MR) is 120 cm³/mol. The summed E-state index contributed by atoms with van der Waals surface area (Å²) in [7, 11) is 1.63. The van der Waals surface area contributed by atoms with Crippen molar-refractivity contribution in [3.63, 3.8) is 0 Å². The van der Waals surface area contributed by atoms with Crippen LogP contribution in [-0.4, -0.2) is 25.2 Å². The molecule has 0 aliphatic rings. The van der Waals surface area contributed by atoms with Gasteiger partial charge < -0.3 is 5.32 Å². The maximum Gasteiger partial charge on any atom is 0.263 e. The summed E-state index contributed by atoms with van der Waals surface area (Å²) in [4.78, 5) is 32.4. The van der Waals surface area contributed by atoms with Gasteiger partial charge in [-0.2, -0.15) is 10.4 Å². The number of nitrogens with one attached hydrogen (secondary N) is 1. The largest absolute Gasteiger partial charge is 0.308 e. The Morgan fingerprint density at radius 3 is 2.65 bits per heavy atom. The number of nitriles is 1. The number of amides is 1. The highest BCUT2D eigenvalue weighted by atomic mass is 32.1. The van der Waals surface area contributed by atoms with Crippen LogP contribution in [0.4, 0.5) is 5.82 Å². The molecule has 3 heterocycles. The summed E-state index contributed by atoms with van der Waals surface area (Å²) in [5.74, 6) is -0.152. The minimum absolute atomic E-state index is 0.249. The van der Waals surface area contributed by atoms with Crippen molar-refractivity contribution in [1.82, 2.24) is 19.3 Å². The van der Waals surface area contributed by atoms with E-state index in [4.69, 9.17) is 0 Å². The number of nitrogens with zero attached hydrogens (tertiary/aromatic N) is 5. The van der Waals surface area contributed by atoms with Crippen LogP contribution in [0.1, 0.15) is 29.0 Å². The van der Waals surface area contributed by atoms with Gasteiger partial charge >= 0.3 is 0 Å². The van der Waals surface area contributed by atoms with Crippen LogP contribution in [0.25, 0.3) is 21.3 Å². The van der Waals surface area contributed by atoms with Crippen molar-refractivity contribution < 1.29 is 4.79 Å². The first-order valence-corrected chi connectivity index (χ1v) is 10.4. The topological polar surface area (TPSA) is 106 Å². The first-order chi connectivity index (χ1) is 14.8. The molecule has 31 heavy (non-hydrogen) atoms. The Hall–Kier alpha value is -3.77. The number of hydrogen-bond donors (Lipinski definition) is 1. The quantitative estimate of drug-likeness (QED) is 0.531. The van der Waals surface area contributed by atoms with Crippen LogP contribution in [0.15, 0.2) is 41.6 Å². The van der Waals surface area contributed by atoms with Gasteiger partial charge in [-0.05, 0) is 26.3 Å². The number of aromatic nitrogens is 4. The number of hydrogen-bond acceptors (Lipinski definition) is 6. The van der Waals surface area contributed by atoms with Crippen LogP contribution in [0.3, 0.4) is 0 Å². The third-order valence-electron chi connectivity index (χ3n) is 5.25. The molecule has 0 spiro atoms. The summed E-state index contributed by atoms with van der Waals surface area (Å²) in [6.07, 6.45) is 2.78. The second-order valence-corrected chi connectivity index (χ2v) is 8.55. The van der Waals surface area contributed by atoms with Gasteiger partial charge in [0, 0.05) is 17.5 Å². The first-order valence-electron chi connectivity index (χ1n) is 9.62. The number of aryl methyl sites for hydroxylation is 3. The van der Waals surface area contributed by atoms with Crippen LogP contribution in [0, 0.1) is 25.2 Å². The zero-order valence-electron chi connectivity index (χ0n) is 17.5. The molecule has 1 N–H and O–H groups in total. The molecule has 1 unspecified atom stereocenters. The Labute approximate surface area is 182 Å². The summed E-state index contributed by atoms with van der Waals surface area (Å²) in [5.41, 5.74) is 2.89. The van der Waals surface area contributed by atoms with Gasteiger partial charge in [0.1, 0.15) is 28.3 Å². The standard InChI is InChI=1S/C22H20N6O2S/c1-12-5-7-15(8-6-12)17-14(3)31-21-18(17)22(30)28(11-24-21)13(2)20(29)26-19-16(9-23)10-25-27(19)4/h5-8,10-11,13H,1-4H3,(H,26,29). The number of anilines is 1. The van der Waals surface area contributed by atoms with Gasteiger partial charge in [0.15, 0.2) is 0 Å². The molecule has 0 radical (unpaired) electrons. The van der Waals surface area contributed by atoms with E-state index in [1.54, 1.807) is 14.0 Å². The Kier molecular flexibility index (Phi) is 5.17. The molecule has 0 saturated heterocycles. The molecule has 4 aromatic rings. The second kappa shape index (κ2) is 7.81. The lowest BCUT2D eigenvalue weighted by Gasteiger charge is -2.15. The molecule has 8 nitrogen and oxygen atoms in total. The molecule has 3 aromatic heterocycles. The average molecular weight is 433 g/mol. The molecule has 0 fully saturated rings. The van der Waals surface area contributed by atoms with Gasteiger partial charge in [-0.1, -0.05) is 29.8 Å². The zero-order chi connectivity index (χ0) is 22.3. The Morgan fingerprint density at radius 2 is 1.97 bits per heavy atom. The molecule has 0 aliphatic heterocycles. The van der Waals surface area contributed by atoms with E-state index in [2.05, 4.69) is 15.4 Å². The van der Waals surface area contributed by atoms with Crippen LogP contribution < -0.4 is 10.9 Å². The molecule has 1 aromatic carbocycles. The summed E-state index contributed by atoms with van der Waals surface area (Å²) >= 11 is 1.46. The fourth-order valence-electron chi connectivity index (χ4n) is 3.47. The second-order valence-electron chi connectivity index (χ2n) is 7.34. The number of thiophene rings is 1. The van der Waals surface area contributed by atoms with Crippen molar-refractivity contribution in [2.45, 2.75) is 26.8 Å². The van der Waals surface area contributed by atoms with Gasteiger partial charge in [-0.25, -0.2) is 4.98 Å². The maximum absolute atomic E-state index is 13.4. The third kappa shape index (κ3) is 3.51. The van der Waals surface area contributed by atoms with Crippen molar-refractivity contribution in [3.05, 3.63) is 63.1 Å². The number of carbonyl (C=O) groups is 1. The Bertz CT molecular complexity index is 1410. The van der Waals surface area contributed by atoms with Crippen molar-refractivity contribution in [1.29, 1.82) is 5.26 Å². The van der Waals surface area contributed by atoms with Crippen LogP contribution in [-0.2, 0) is 11.8 Å². The van der Waals surface area contributed by atoms with E-state index < -0.39 is 11.9 Å². The van der Waals surface area contributed by atoms with Crippen LogP contribution in [0.2, 0.25) is 0 Å². The predicted octanol–water partition coefficient (Wildman–Crippen LogP) is 3.55. The van der Waals surface area contributed by atoms with E-state index in [0.29, 0.717) is 10.2 Å². The number of fused-ring (bicyclic) bond motifs is 1. The molecule has 156 valence electrons. The number of carbonyl (C=O) groups excluding carboxylic acids is 1. The molecule has 1 atom stereocenters. The maximum atomic E-state index is 13.4. The fourth-order valence-corrected chi connectivity index (χ4v) is 4.48. The van der Waals surface area contributed by atoms with Gasteiger partial charge in [-0.3, -0.25) is 18.8 Å². The van der Waals surface area contributed by atoms with Crippen molar-refractivity contribution in [2.75, 3.05) is 5.32 Å². The highest BCUT2D eigenvalue weighted by Crippen LogP contribution is 2.35. The van der Waals surface area contributed by atoms with Crippen LogP contribution >= 0.6 is 11.3 Å². The molecule has 0 saturated carbocycles. The fraction of sp³-hybridized carbons (Fsp3) is 0.227. The monoisotopic (exact) mass is 432 g/mol. The molecular formula is C22H20N6O2S. The first kappa shape index (κ1) is 20.5. The summed E-state index contributed by atoms with van der Waals surface area (Å²) in [5, 5.41) is 16.4. The molecule has 0 bridgehead atoms. The SMILES string of the molecule is Cc1ccc(-c2c(C)sc3ncn(C(C)C(=O)Nc4c(C#N)cnn4C)c(=O)c23)cc1. The minimum Gasteiger partial charge on any atom is -0.308 e. The van der Waals surface area contributed by atoms with Crippen molar-refractivity contribution >= 4 is 33.3 Å². The molecule has 0 aliphatic carbocycles. The lowest BCUT2D eigenvalue weighted by atomic mass is 10.0. The average Bonchev–Trinajstić information content (AvgIpc) is 3.28. The van der Waals surface area contributed by atoms with E-state index >= 15 is 0 Å². The smallest absolute Gasteiger partial charge is 0.263 e. The minimum atomic E-state index is -0.836.